The third kappa shape index (κ3) is 3.96. The van der Waals surface area contributed by atoms with E-state index in [9.17, 15) is 9.59 Å². The Labute approximate surface area is 147 Å². The second-order valence-corrected chi connectivity index (χ2v) is 6.17. The number of carbonyl (C=O) groups excluding carboxylic acids is 2. The SMILES string of the molecule is C=CC(=O)N(Cc1ccccc1C1CC1)c1cnn(CC(=O)NC)c1. The molecule has 0 spiro atoms. The zero-order valence-electron chi connectivity index (χ0n) is 14.3. The third-order valence-corrected chi connectivity index (χ3v) is 4.36. The molecule has 2 amide bonds. The van der Waals surface area contributed by atoms with Gasteiger partial charge in [-0.3, -0.25) is 14.3 Å². The number of amides is 2. The second-order valence-electron chi connectivity index (χ2n) is 6.17. The first-order valence-corrected chi connectivity index (χ1v) is 8.37. The number of hydrogen-bond donors (Lipinski definition) is 1. The number of likely N-dealkylation sites (N-methyl/N-ethyl adjacent to an activating group) is 1. The van der Waals surface area contributed by atoms with Crippen LogP contribution in [-0.2, 0) is 22.7 Å². The van der Waals surface area contributed by atoms with Crippen LogP contribution in [0.4, 0.5) is 5.69 Å². The van der Waals surface area contributed by atoms with Crippen molar-refractivity contribution in [1.82, 2.24) is 15.1 Å². The van der Waals surface area contributed by atoms with Gasteiger partial charge in [0.25, 0.3) is 5.91 Å². The van der Waals surface area contributed by atoms with E-state index in [0.717, 1.165) is 5.56 Å². The lowest BCUT2D eigenvalue weighted by atomic mass is 10.0. The van der Waals surface area contributed by atoms with E-state index < -0.39 is 0 Å². The van der Waals surface area contributed by atoms with E-state index >= 15 is 0 Å². The molecular weight excluding hydrogens is 316 g/mol. The Hall–Kier alpha value is -2.89. The minimum atomic E-state index is -0.190. The molecule has 1 fully saturated rings. The number of hydrogen-bond acceptors (Lipinski definition) is 3. The van der Waals surface area contributed by atoms with Crippen LogP contribution in [-0.4, -0.2) is 28.6 Å². The molecule has 1 N–H and O–H groups in total. The first-order chi connectivity index (χ1) is 12.1. The predicted molar refractivity (Wildman–Crippen MR) is 96.1 cm³/mol. The van der Waals surface area contributed by atoms with Gasteiger partial charge in [-0.1, -0.05) is 30.8 Å². The van der Waals surface area contributed by atoms with Crippen LogP contribution < -0.4 is 10.2 Å². The molecule has 0 bridgehead atoms. The summed E-state index contributed by atoms with van der Waals surface area (Å²) >= 11 is 0. The zero-order chi connectivity index (χ0) is 17.8. The highest BCUT2D eigenvalue weighted by Crippen LogP contribution is 2.42. The van der Waals surface area contributed by atoms with Gasteiger partial charge in [-0.05, 0) is 36.0 Å². The van der Waals surface area contributed by atoms with Crippen molar-refractivity contribution in [1.29, 1.82) is 0 Å². The first-order valence-electron chi connectivity index (χ1n) is 8.37. The van der Waals surface area contributed by atoms with Gasteiger partial charge in [-0.15, -0.1) is 0 Å². The van der Waals surface area contributed by atoms with Crippen LogP contribution in [0.3, 0.4) is 0 Å². The highest BCUT2D eigenvalue weighted by molar-refractivity contribution is 6.00. The molecule has 0 saturated heterocycles. The van der Waals surface area contributed by atoms with E-state index in [1.165, 1.54) is 29.2 Å². The maximum atomic E-state index is 12.4. The molecule has 0 radical (unpaired) electrons. The maximum absolute atomic E-state index is 12.4. The van der Waals surface area contributed by atoms with E-state index in [1.54, 1.807) is 24.3 Å². The summed E-state index contributed by atoms with van der Waals surface area (Å²) in [6.45, 7) is 4.18. The smallest absolute Gasteiger partial charge is 0.250 e. The van der Waals surface area contributed by atoms with Crippen molar-refractivity contribution in [2.24, 2.45) is 0 Å². The first kappa shape index (κ1) is 17.0. The minimum absolute atomic E-state index is 0.116. The van der Waals surface area contributed by atoms with Gasteiger partial charge in [0.05, 0.1) is 18.4 Å². The van der Waals surface area contributed by atoms with Crippen LogP contribution in [0.2, 0.25) is 0 Å². The fourth-order valence-electron chi connectivity index (χ4n) is 2.85. The van der Waals surface area contributed by atoms with Gasteiger partial charge in [-0.25, -0.2) is 0 Å². The Morgan fingerprint density at radius 1 is 1.40 bits per heavy atom. The van der Waals surface area contributed by atoms with E-state index in [2.05, 4.69) is 29.1 Å². The Bertz CT molecular complexity index is 792. The highest BCUT2D eigenvalue weighted by atomic mass is 16.2. The van der Waals surface area contributed by atoms with Crippen LogP contribution in [0.5, 0.6) is 0 Å². The normalized spacial score (nSPS) is 13.3. The van der Waals surface area contributed by atoms with Crippen molar-refractivity contribution < 1.29 is 9.59 Å². The lowest BCUT2D eigenvalue weighted by molar-refractivity contribution is -0.121. The van der Waals surface area contributed by atoms with Gasteiger partial charge < -0.3 is 10.2 Å². The van der Waals surface area contributed by atoms with Crippen molar-refractivity contribution in [3.63, 3.8) is 0 Å². The average Bonchev–Trinajstić information content (AvgIpc) is 3.38. The van der Waals surface area contributed by atoms with Crippen LogP contribution in [0.25, 0.3) is 0 Å². The third-order valence-electron chi connectivity index (χ3n) is 4.36. The van der Waals surface area contributed by atoms with E-state index in [4.69, 9.17) is 0 Å². The molecule has 1 aromatic heterocycles. The number of carbonyl (C=O) groups is 2. The second kappa shape index (κ2) is 7.34. The molecule has 6 heteroatoms. The average molecular weight is 338 g/mol. The summed E-state index contributed by atoms with van der Waals surface area (Å²) in [5.74, 6) is 0.272. The quantitative estimate of drug-likeness (QED) is 0.787. The Morgan fingerprint density at radius 2 is 2.16 bits per heavy atom. The van der Waals surface area contributed by atoms with E-state index in [-0.39, 0.29) is 18.4 Å². The van der Waals surface area contributed by atoms with Gasteiger partial charge in [0.1, 0.15) is 6.54 Å². The number of benzene rings is 1. The van der Waals surface area contributed by atoms with Gasteiger partial charge in [-0.2, -0.15) is 5.10 Å². The van der Waals surface area contributed by atoms with Crippen molar-refractivity contribution in [2.75, 3.05) is 11.9 Å². The molecule has 25 heavy (non-hydrogen) atoms. The van der Waals surface area contributed by atoms with Gasteiger partial charge in [0, 0.05) is 13.2 Å². The molecule has 6 nitrogen and oxygen atoms in total. The standard InChI is InChI=1S/C19H22N4O2/c1-3-19(25)23(16-10-21-22(12-16)13-18(24)20-2)11-15-6-4-5-7-17(15)14-8-9-14/h3-7,10,12,14H,1,8-9,11,13H2,2H3,(H,20,24). The molecule has 1 aromatic carbocycles. The Balaban J connectivity index is 1.85. The number of anilines is 1. The summed E-state index contributed by atoms with van der Waals surface area (Å²) in [6.07, 6.45) is 7.02. The van der Waals surface area contributed by atoms with E-state index in [1.807, 2.05) is 12.1 Å². The largest absolute Gasteiger partial charge is 0.358 e. The van der Waals surface area contributed by atoms with Crippen LogP contribution in [0.15, 0.2) is 49.3 Å². The number of aromatic nitrogens is 2. The molecule has 1 saturated carbocycles. The monoisotopic (exact) mass is 338 g/mol. The van der Waals surface area contributed by atoms with E-state index in [0.29, 0.717) is 18.2 Å². The lowest BCUT2D eigenvalue weighted by Gasteiger charge is -2.21. The molecule has 1 heterocycles. The highest BCUT2D eigenvalue weighted by Gasteiger charge is 2.27. The van der Waals surface area contributed by atoms with Crippen LogP contribution in [0.1, 0.15) is 29.9 Å². The van der Waals surface area contributed by atoms with Gasteiger partial charge >= 0.3 is 0 Å². The summed E-state index contributed by atoms with van der Waals surface area (Å²) in [6, 6.07) is 8.23. The number of rotatable bonds is 7. The summed E-state index contributed by atoms with van der Waals surface area (Å²) in [5.41, 5.74) is 3.10. The van der Waals surface area contributed by atoms with Gasteiger partial charge in [0.2, 0.25) is 5.91 Å². The maximum Gasteiger partial charge on any atom is 0.250 e. The molecule has 1 aliphatic carbocycles. The molecule has 0 unspecified atom stereocenters. The molecule has 130 valence electrons. The molecular formula is C19H22N4O2. The Morgan fingerprint density at radius 3 is 2.84 bits per heavy atom. The summed E-state index contributed by atoms with van der Waals surface area (Å²) < 4.78 is 1.52. The van der Waals surface area contributed by atoms with Crippen LogP contribution in [0, 0.1) is 0 Å². The lowest BCUT2D eigenvalue weighted by Crippen LogP contribution is -2.29. The topological polar surface area (TPSA) is 67.2 Å². The fourth-order valence-corrected chi connectivity index (χ4v) is 2.85. The molecule has 1 aliphatic rings. The summed E-state index contributed by atoms with van der Waals surface area (Å²) in [7, 11) is 1.58. The number of nitrogens with zero attached hydrogens (tertiary/aromatic N) is 3. The fraction of sp³-hybridized carbons (Fsp3) is 0.316. The van der Waals surface area contributed by atoms with Crippen LogP contribution >= 0.6 is 0 Å². The zero-order valence-corrected chi connectivity index (χ0v) is 14.3. The van der Waals surface area contributed by atoms with Gasteiger partial charge in [0.15, 0.2) is 0 Å². The number of nitrogens with one attached hydrogen (secondary N) is 1. The predicted octanol–water partition coefficient (Wildman–Crippen LogP) is 2.23. The summed E-state index contributed by atoms with van der Waals surface area (Å²) in [5, 5.41) is 6.74. The molecule has 0 atom stereocenters. The van der Waals surface area contributed by atoms with Crippen molar-refractivity contribution in [3.05, 3.63) is 60.4 Å². The minimum Gasteiger partial charge on any atom is -0.358 e. The van der Waals surface area contributed by atoms with Crippen molar-refractivity contribution in [3.8, 4) is 0 Å². The molecule has 0 aliphatic heterocycles. The van der Waals surface area contributed by atoms with Crippen molar-refractivity contribution in [2.45, 2.75) is 31.8 Å². The van der Waals surface area contributed by atoms with Crippen molar-refractivity contribution >= 4 is 17.5 Å². The molecule has 2 aromatic rings. The molecule has 3 rings (SSSR count). The Kier molecular flexibility index (Phi) is 4.97. The summed E-state index contributed by atoms with van der Waals surface area (Å²) in [4.78, 5) is 25.5.